The minimum Gasteiger partial charge on any atom is -0.490 e. The van der Waals surface area contributed by atoms with Crippen LogP contribution in [0.5, 0.6) is 11.5 Å². The lowest BCUT2D eigenvalue weighted by Gasteiger charge is -2.13. The van der Waals surface area contributed by atoms with Crippen LogP contribution in [0, 0.1) is 5.82 Å². The van der Waals surface area contributed by atoms with Crippen LogP contribution in [0.4, 0.5) is 14.9 Å². The lowest BCUT2D eigenvalue weighted by atomic mass is 10.2. The molecule has 0 atom stereocenters. The first-order valence-corrected chi connectivity index (χ1v) is 9.39. The molecule has 0 heterocycles. The highest BCUT2D eigenvalue weighted by Gasteiger charge is 2.11. The molecular formula is C19H21FN2O4S. The number of thioether (sulfide) groups is 1. The molecule has 0 aromatic heterocycles. The van der Waals surface area contributed by atoms with Gasteiger partial charge in [0.15, 0.2) is 11.5 Å². The second kappa shape index (κ2) is 10.4. The van der Waals surface area contributed by atoms with Crippen LogP contribution in [-0.4, -0.2) is 30.9 Å². The van der Waals surface area contributed by atoms with Crippen molar-refractivity contribution in [2.45, 2.75) is 18.7 Å². The molecule has 8 heteroatoms. The third-order valence-corrected chi connectivity index (χ3v) is 4.25. The number of amides is 3. The van der Waals surface area contributed by atoms with Gasteiger partial charge in [-0.05, 0) is 50.2 Å². The van der Waals surface area contributed by atoms with Crippen LogP contribution in [0.25, 0.3) is 0 Å². The van der Waals surface area contributed by atoms with Crippen molar-refractivity contribution in [2.75, 3.05) is 24.3 Å². The smallest absolute Gasteiger partial charge is 0.325 e. The van der Waals surface area contributed by atoms with Gasteiger partial charge >= 0.3 is 6.03 Å². The van der Waals surface area contributed by atoms with Crippen LogP contribution in [0.1, 0.15) is 13.8 Å². The van der Waals surface area contributed by atoms with E-state index in [0.29, 0.717) is 30.4 Å². The minimum absolute atomic E-state index is 0.0343. The SMILES string of the molecule is CCOc1ccc(NC(=O)NC(=O)CSc2ccc(F)cc2)cc1OCC. The third kappa shape index (κ3) is 6.82. The summed E-state index contributed by atoms with van der Waals surface area (Å²) in [4.78, 5) is 24.6. The van der Waals surface area contributed by atoms with Gasteiger partial charge in [-0.1, -0.05) is 0 Å². The average molecular weight is 392 g/mol. The molecule has 2 N–H and O–H groups in total. The van der Waals surface area contributed by atoms with E-state index in [1.54, 1.807) is 30.3 Å². The summed E-state index contributed by atoms with van der Waals surface area (Å²) in [5, 5.41) is 4.83. The van der Waals surface area contributed by atoms with Crippen molar-refractivity contribution in [3.63, 3.8) is 0 Å². The number of hydrogen-bond donors (Lipinski definition) is 2. The maximum absolute atomic E-state index is 12.9. The van der Waals surface area contributed by atoms with Gasteiger partial charge in [-0.3, -0.25) is 10.1 Å². The van der Waals surface area contributed by atoms with Crippen molar-refractivity contribution >= 4 is 29.4 Å². The summed E-state index contributed by atoms with van der Waals surface area (Å²) in [5.74, 6) is 0.321. The number of imide groups is 1. The maximum Gasteiger partial charge on any atom is 0.325 e. The van der Waals surface area contributed by atoms with Crippen molar-refractivity contribution in [3.8, 4) is 11.5 Å². The first-order chi connectivity index (χ1) is 13.0. The van der Waals surface area contributed by atoms with Crippen LogP contribution < -0.4 is 20.1 Å². The van der Waals surface area contributed by atoms with Gasteiger partial charge in [0.1, 0.15) is 5.82 Å². The molecule has 0 saturated carbocycles. The lowest BCUT2D eigenvalue weighted by molar-refractivity contribution is -0.117. The van der Waals surface area contributed by atoms with Gasteiger partial charge in [0.05, 0.1) is 19.0 Å². The maximum atomic E-state index is 12.9. The molecule has 0 aliphatic carbocycles. The van der Waals surface area contributed by atoms with E-state index in [9.17, 15) is 14.0 Å². The Morgan fingerprint density at radius 2 is 1.67 bits per heavy atom. The summed E-state index contributed by atoms with van der Waals surface area (Å²) in [7, 11) is 0. The second-order valence-corrected chi connectivity index (χ2v) is 6.32. The van der Waals surface area contributed by atoms with E-state index in [4.69, 9.17) is 9.47 Å². The number of rotatable bonds is 8. The monoisotopic (exact) mass is 392 g/mol. The first kappa shape index (κ1) is 20.6. The lowest BCUT2D eigenvalue weighted by Crippen LogP contribution is -2.35. The van der Waals surface area contributed by atoms with Gasteiger partial charge in [-0.15, -0.1) is 11.8 Å². The Bertz CT molecular complexity index is 784. The van der Waals surface area contributed by atoms with Crippen LogP contribution >= 0.6 is 11.8 Å². The van der Waals surface area contributed by atoms with E-state index in [1.165, 1.54) is 23.9 Å². The number of carbonyl (C=O) groups is 2. The third-order valence-electron chi connectivity index (χ3n) is 3.24. The Hall–Kier alpha value is -2.74. The number of ether oxygens (including phenoxy) is 2. The Morgan fingerprint density at radius 1 is 1.00 bits per heavy atom. The zero-order valence-electron chi connectivity index (χ0n) is 15.1. The molecule has 144 valence electrons. The molecule has 0 spiro atoms. The zero-order chi connectivity index (χ0) is 19.6. The molecule has 27 heavy (non-hydrogen) atoms. The molecule has 2 rings (SSSR count). The van der Waals surface area contributed by atoms with Crippen molar-refractivity contribution in [2.24, 2.45) is 0 Å². The molecule has 0 aliphatic heterocycles. The quantitative estimate of drug-likeness (QED) is 0.663. The number of hydrogen-bond acceptors (Lipinski definition) is 5. The largest absolute Gasteiger partial charge is 0.490 e. The summed E-state index contributed by atoms with van der Waals surface area (Å²) in [6, 6.07) is 10.1. The normalized spacial score (nSPS) is 10.2. The Labute approximate surface area is 161 Å². The summed E-state index contributed by atoms with van der Waals surface area (Å²) >= 11 is 1.21. The van der Waals surface area contributed by atoms with Gasteiger partial charge in [0.25, 0.3) is 0 Å². The second-order valence-electron chi connectivity index (χ2n) is 5.27. The predicted octanol–water partition coefficient (Wildman–Crippen LogP) is 4.06. The van der Waals surface area contributed by atoms with Gasteiger partial charge in [0, 0.05) is 16.6 Å². The number of anilines is 1. The Kier molecular flexibility index (Phi) is 7.94. The molecule has 0 bridgehead atoms. The number of carbonyl (C=O) groups excluding carboxylic acids is 2. The van der Waals surface area contributed by atoms with E-state index < -0.39 is 11.9 Å². The Balaban J connectivity index is 1.87. The van der Waals surface area contributed by atoms with Crippen molar-refractivity contribution < 1.29 is 23.5 Å². The molecule has 2 aromatic rings. The highest BCUT2D eigenvalue weighted by molar-refractivity contribution is 8.00. The minimum atomic E-state index is -0.647. The van der Waals surface area contributed by atoms with Crippen molar-refractivity contribution in [1.29, 1.82) is 0 Å². The number of halogens is 1. The van der Waals surface area contributed by atoms with E-state index in [-0.39, 0.29) is 11.6 Å². The summed E-state index contributed by atoms with van der Waals surface area (Å²) in [5.41, 5.74) is 0.471. The number of benzene rings is 2. The molecule has 2 aromatic carbocycles. The average Bonchev–Trinajstić information content (AvgIpc) is 2.63. The molecule has 6 nitrogen and oxygen atoms in total. The van der Waals surface area contributed by atoms with E-state index in [1.807, 2.05) is 13.8 Å². The van der Waals surface area contributed by atoms with Crippen LogP contribution in [-0.2, 0) is 4.79 Å². The molecule has 0 radical (unpaired) electrons. The van der Waals surface area contributed by atoms with Crippen LogP contribution in [0.3, 0.4) is 0 Å². The topological polar surface area (TPSA) is 76.7 Å². The van der Waals surface area contributed by atoms with E-state index in [0.717, 1.165) is 4.90 Å². The fourth-order valence-electron chi connectivity index (χ4n) is 2.13. The van der Waals surface area contributed by atoms with E-state index >= 15 is 0 Å². The van der Waals surface area contributed by atoms with Crippen LogP contribution in [0.15, 0.2) is 47.4 Å². The molecule has 0 fully saturated rings. The molecular weight excluding hydrogens is 371 g/mol. The molecule has 0 saturated heterocycles. The van der Waals surface area contributed by atoms with Crippen molar-refractivity contribution in [3.05, 3.63) is 48.3 Å². The van der Waals surface area contributed by atoms with Crippen molar-refractivity contribution in [1.82, 2.24) is 5.32 Å². The standard InChI is InChI=1S/C19H21FN2O4S/c1-3-25-16-10-7-14(11-17(16)26-4-2)21-19(24)22-18(23)12-27-15-8-5-13(20)6-9-15/h5-11H,3-4,12H2,1-2H3,(H2,21,22,23,24). The number of nitrogens with one attached hydrogen (secondary N) is 2. The summed E-state index contributed by atoms with van der Waals surface area (Å²) in [6.45, 7) is 4.66. The van der Waals surface area contributed by atoms with E-state index in [2.05, 4.69) is 10.6 Å². The highest BCUT2D eigenvalue weighted by atomic mass is 32.2. The highest BCUT2D eigenvalue weighted by Crippen LogP contribution is 2.30. The first-order valence-electron chi connectivity index (χ1n) is 8.40. The summed E-state index contributed by atoms with van der Waals surface area (Å²) in [6.07, 6.45) is 0. The van der Waals surface area contributed by atoms with Gasteiger partial charge in [-0.25, -0.2) is 9.18 Å². The summed E-state index contributed by atoms with van der Waals surface area (Å²) < 4.78 is 23.8. The van der Waals surface area contributed by atoms with Crippen LogP contribution in [0.2, 0.25) is 0 Å². The molecule has 3 amide bonds. The fourth-order valence-corrected chi connectivity index (χ4v) is 2.83. The van der Waals surface area contributed by atoms with Gasteiger partial charge in [-0.2, -0.15) is 0 Å². The fraction of sp³-hybridized carbons (Fsp3) is 0.263. The number of urea groups is 1. The molecule has 0 unspecified atom stereocenters. The molecule has 0 aliphatic rings. The van der Waals surface area contributed by atoms with Gasteiger partial charge in [0.2, 0.25) is 5.91 Å². The Morgan fingerprint density at radius 3 is 2.33 bits per heavy atom. The predicted molar refractivity (Wildman–Crippen MR) is 103 cm³/mol. The zero-order valence-corrected chi connectivity index (χ0v) is 15.9. The van der Waals surface area contributed by atoms with Gasteiger partial charge < -0.3 is 14.8 Å².